The summed E-state index contributed by atoms with van der Waals surface area (Å²) in [6.07, 6.45) is 1.39. The van der Waals surface area contributed by atoms with E-state index in [0.717, 1.165) is 0 Å². The van der Waals surface area contributed by atoms with Crippen molar-refractivity contribution < 1.29 is 19.1 Å². The fourth-order valence-corrected chi connectivity index (χ4v) is 1.96. The minimum Gasteiger partial charge on any atom is -0.508 e. The van der Waals surface area contributed by atoms with Crippen LogP contribution in [0.3, 0.4) is 0 Å². The predicted octanol–water partition coefficient (Wildman–Crippen LogP) is 2.38. The third-order valence-corrected chi connectivity index (χ3v) is 3.09. The third kappa shape index (κ3) is 3.88. The number of aromatic hydroxyl groups is 1. The van der Waals surface area contributed by atoms with Crippen LogP contribution in [0.1, 0.15) is 24.4 Å². The zero-order valence-corrected chi connectivity index (χ0v) is 12.4. The van der Waals surface area contributed by atoms with Crippen LogP contribution in [0.5, 0.6) is 5.75 Å². The number of nitrogens with one attached hydrogen (secondary N) is 2. The summed E-state index contributed by atoms with van der Waals surface area (Å²) in [4.78, 5) is 24.3. The lowest BCUT2D eigenvalue weighted by Crippen LogP contribution is -2.47. The molecule has 116 valence electrons. The number of amides is 2. The van der Waals surface area contributed by atoms with Crippen molar-refractivity contribution in [2.45, 2.75) is 19.9 Å². The van der Waals surface area contributed by atoms with Crippen molar-refractivity contribution in [3.63, 3.8) is 0 Å². The summed E-state index contributed by atoms with van der Waals surface area (Å²) in [6, 6.07) is 8.63. The molecule has 6 nitrogen and oxygen atoms in total. The maximum Gasteiger partial charge on any atom is 0.287 e. The Kier molecular flexibility index (Phi) is 4.83. The van der Waals surface area contributed by atoms with Gasteiger partial charge in [0.15, 0.2) is 5.76 Å². The maximum absolute atomic E-state index is 12.3. The average Bonchev–Trinajstić information content (AvgIpc) is 2.98. The summed E-state index contributed by atoms with van der Waals surface area (Å²) in [5.41, 5.74) is 0.461. The second-order valence-electron chi connectivity index (χ2n) is 5.21. The van der Waals surface area contributed by atoms with Crippen molar-refractivity contribution >= 4 is 17.5 Å². The lowest BCUT2D eigenvalue weighted by Gasteiger charge is -2.21. The van der Waals surface area contributed by atoms with Crippen LogP contribution < -0.4 is 10.6 Å². The molecule has 1 aromatic carbocycles. The molecular weight excluding hydrogens is 284 g/mol. The van der Waals surface area contributed by atoms with Crippen LogP contribution in [0.25, 0.3) is 0 Å². The minimum atomic E-state index is -0.722. The minimum absolute atomic E-state index is 0.0542. The first kappa shape index (κ1) is 15.6. The highest BCUT2D eigenvalue weighted by Crippen LogP contribution is 2.16. The van der Waals surface area contributed by atoms with Crippen LogP contribution in [-0.4, -0.2) is 23.0 Å². The quantitative estimate of drug-likeness (QED) is 0.790. The number of benzene rings is 1. The summed E-state index contributed by atoms with van der Waals surface area (Å²) in [7, 11) is 0. The largest absolute Gasteiger partial charge is 0.508 e. The Balaban J connectivity index is 2.07. The molecular formula is C16H18N2O4. The lowest BCUT2D eigenvalue weighted by atomic mass is 10.0. The van der Waals surface area contributed by atoms with Crippen LogP contribution in [-0.2, 0) is 4.79 Å². The van der Waals surface area contributed by atoms with Gasteiger partial charge in [0.05, 0.1) is 6.26 Å². The Hall–Kier alpha value is -2.76. The molecule has 0 saturated carbocycles. The van der Waals surface area contributed by atoms with Crippen molar-refractivity contribution in [3.05, 3.63) is 48.4 Å². The molecule has 0 aliphatic rings. The third-order valence-electron chi connectivity index (χ3n) is 3.09. The number of hydrogen-bond donors (Lipinski definition) is 3. The monoisotopic (exact) mass is 302 g/mol. The van der Waals surface area contributed by atoms with Crippen LogP contribution in [0.2, 0.25) is 0 Å². The Bertz CT molecular complexity index is 650. The number of carbonyl (C=O) groups excluding carboxylic acids is 2. The molecule has 6 heteroatoms. The highest BCUT2D eigenvalue weighted by molar-refractivity contribution is 6.00. The second-order valence-corrected chi connectivity index (χ2v) is 5.21. The Morgan fingerprint density at radius 2 is 1.95 bits per heavy atom. The van der Waals surface area contributed by atoms with Gasteiger partial charge in [-0.1, -0.05) is 19.9 Å². The van der Waals surface area contributed by atoms with Crippen molar-refractivity contribution in [2.75, 3.05) is 5.32 Å². The van der Waals surface area contributed by atoms with E-state index in [-0.39, 0.29) is 23.3 Å². The second kappa shape index (κ2) is 6.80. The van der Waals surface area contributed by atoms with Crippen molar-refractivity contribution in [1.82, 2.24) is 5.32 Å². The standard InChI is InChI=1S/C16H18N2O4/c1-10(2)14(18-15(20)13-7-4-8-22-13)16(21)17-11-5-3-6-12(19)9-11/h3-10,14,19H,1-2H3,(H,17,21)(H,18,20). The van der Waals surface area contributed by atoms with E-state index >= 15 is 0 Å². The number of hydrogen-bond acceptors (Lipinski definition) is 4. The summed E-state index contributed by atoms with van der Waals surface area (Å²) in [5, 5.41) is 14.7. The molecule has 0 fully saturated rings. The van der Waals surface area contributed by atoms with Crippen LogP contribution in [0.4, 0.5) is 5.69 Å². The molecule has 1 aromatic heterocycles. The number of furan rings is 1. The van der Waals surface area contributed by atoms with Crippen LogP contribution in [0, 0.1) is 5.92 Å². The molecule has 0 aliphatic heterocycles. The fourth-order valence-electron chi connectivity index (χ4n) is 1.96. The highest BCUT2D eigenvalue weighted by Gasteiger charge is 2.25. The summed E-state index contributed by atoms with van der Waals surface area (Å²) < 4.78 is 5.01. The number of phenolic OH excluding ortho intramolecular Hbond substituents is 1. The Morgan fingerprint density at radius 1 is 1.18 bits per heavy atom. The first-order chi connectivity index (χ1) is 10.5. The smallest absolute Gasteiger partial charge is 0.287 e. The van der Waals surface area contributed by atoms with Crippen LogP contribution >= 0.6 is 0 Å². The summed E-state index contributed by atoms with van der Waals surface area (Å²) in [6.45, 7) is 3.66. The van der Waals surface area contributed by atoms with Crippen molar-refractivity contribution in [1.29, 1.82) is 0 Å². The van der Waals surface area contributed by atoms with Crippen LogP contribution in [0.15, 0.2) is 47.1 Å². The van der Waals surface area contributed by atoms with E-state index in [0.29, 0.717) is 5.69 Å². The molecule has 22 heavy (non-hydrogen) atoms. The van der Waals surface area contributed by atoms with Gasteiger partial charge in [-0.3, -0.25) is 9.59 Å². The number of phenols is 1. The SMILES string of the molecule is CC(C)C(NC(=O)c1ccco1)C(=O)Nc1cccc(O)c1. The van der Waals surface area contributed by atoms with Gasteiger partial charge in [-0.25, -0.2) is 0 Å². The van der Waals surface area contributed by atoms with Gasteiger partial charge in [0, 0.05) is 11.8 Å². The van der Waals surface area contributed by atoms with E-state index in [2.05, 4.69) is 10.6 Å². The van der Waals surface area contributed by atoms with Gasteiger partial charge in [-0.05, 0) is 30.2 Å². The van der Waals surface area contributed by atoms with E-state index in [1.165, 1.54) is 24.5 Å². The molecule has 0 spiro atoms. The lowest BCUT2D eigenvalue weighted by molar-refractivity contribution is -0.118. The molecule has 2 amide bonds. The molecule has 0 saturated heterocycles. The topological polar surface area (TPSA) is 91.6 Å². The zero-order chi connectivity index (χ0) is 16.1. The van der Waals surface area contributed by atoms with Gasteiger partial charge < -0.3 is 20.2 Å². The molecule has 1 unspecified atom stereocenters. The number of rotatable bonds is 5. The molecule has 3 N–H and O–H groups in total. The van der Waals surface area contributed by atoms with E-state index < -0.39 is 11.9 Å². The van der Waals surface area contributed by atoms with E-state index in [1.807, 2.05) is 13.8 Å². The first-order valence-corrected chi connectivity index (χ1v) is 6.91. The number of carbonyl (C=O) groups is 2. The Morgan fingerprint density at radius 3 is 2.55 bits per heavy atom. The molecule has 2 aromatic rings. The van der Waals surface area contributed by atoms with Crippen molar-refractivity contribution in [2.24, 2.45) is 5.92 Å². The van der Waals surface area contributed by atoms with Gasteiger partial charge in [0.1, 0.15) is 11.8 Å². The molecule has 2 rings (SSSR count). The van der Waals surface area contributed by atoms with Gasteiger partial charge in [0.25, 0.3) is 5.91 Å². The highest BCUT2D eigenvalue weighted by atomic mass is 16.3. The first-order valence-electron chi connectivity index (χ1n) is 6.91. The van der Waals surface area contributed by atoms with E-state index in [4.69, 9.17) is 4.42 Å². The zero-order valence-electron chi connectivity index (χ0n) is 12.4. The van der Waals surface area contributed by atoms with Gasteiger partial charge in [-0.15, -0.1) is 0 Å². The molecule has 1 atom stereocenters. The average molecular weight is 302 g/mol. The molecule has 1 heterocycles. The van der Waals surface area contributed by atoms with E-state index in [9.17, 15) is 14.7 Å². The normalized spacial score (nSPS) is 12.0. The molecule has 0 radical (unpaired) electrons. The molecule has 0 bridgehead atoms. The fraction of sp³-hybridized carbons (Fsp3) is 0.250. The number of anilines is 1. The maximum atomic E-state index is 12.3. The summed E-state index contributed by atoms with van der Waals surface area (Å²) >= 11 is 0. The van der Waals surface area contributed by atoms with Gasteiger partial charge >= 0.3 is 0 Å². The van der Waals surface area contributed by atoms with Gasteiger partial charge in [0.2, 0.25) is 5.91 Å². The predicted molar refractivity (Wildman–Crippen MR) is 81.5 cm³/mol. The Labute approximate surface area is 128 Å². The van der Waals surface area contributed by atoms with E-state index in [1.54, 1.807) is 18.2 Å². The van der Waals surface area contributed by atoms with Crippen molar-refractivity contribution in [3.8, 4) is 5.75 Å². The van der Waals surface area contributed by atoms with Gasteiger partial charge in [-0.2, -0.15) is 0 Å². The summed E-state index contributed by atoms with van der Waals surface area (Å²) in [5.74, 6) is -0.721. The molecule has 0 aliphatic carbocycles.